The van der Waals surface area contributed by atoms with Gasteiger partial charge in [0.1, 0.15) is 0 Å². The molecule has 0 aromatic rings. The van der Waals surface area contributed by atoms with E-state index in [4.69, 9.17) is 5.11 Å². The predicted octanol–water partition coefficient (Wildman–Crippen LogP) is 0.709. The van der Waals surface area contributed by atoms with E-state index in [0.29, 0.717) is 18.6 Å². The number of hydrogen-bond donors (Lipinski definition) is 1. The number of hydrogen-bond acceptors (Lipinski definition) is 2. The van der Waals surface area contributed by atoms with Gasteiger partial charge in [0, 0.05) is 12.6 Å². The summed E-state index contributed by atoms with van der Waals surface area (Å²) in [4.78, 5) is 2.35. The van der Waals surface area contributed by atoms with Gasteiger partial charge in [-0.1, -0.05) is 6.92 Å². The van der Waals surface area contributed by atoms with Crippen LogP contribution in [0.1, 0.15) is 19.8 Å². The minimum atomic E-state index is 0.328. The maximum absolute atomic E-state index is 8.89. The molecule has 1 N–H and O–H groups in total. The lowest BCUT2D eigenvalue weighted by atomic mass is 10.0. The van der Waals surface area contributed by atoms with Crippen molar-refractivity contribution in [1.29, 1.82) is 0 Å². The fourth-order valence-corrected chi connectivity index (χ4v) is 1.78. The largest absolute Gasteiger partial charge is 0.396 e. The van der Waals surface area contributed by atoms with Crippen molar-refractivity contribution in [3.8, 4) is 0 Å². The molecule has 0 bridgehead atoms. The Labute approximate surface area is 62.8 Å². The summed E-state index contributed by atoms with van der Waals surface area (Å²) in [6, 6.07) is 0.630. The molecule has 60 valence electrons. The van der Waals surface area contributed by atoms with Crippen LogP contribution in [0.25, 0.3) is 0 Å². The van der Waals surface area contributed by atoms with Crippen LogP contribution < -0.4 is 0 Å². The van der Waals surface area contributed by atoms with Crippen LogP contribution in [0, 0.1) is 5.92 Å². The molecule has 1 saturated heterocycles. The quantitative estimate of drug-likeness (QED) is 0.615. The molecule has 0 aliphatic carbocycles. The summed E-state index contributed by atoms with van der Waals surface area (Å²) in [5.74, 6) is 0.451. The molecule has 0 spiro atoms. The molecule has 1 aliphatic heterocycles. The molecule has 2 atom stereocenters. The van der Waals surface area contributed by atoms with Crippen molar-refractivity contribution >= 4 is 0 Å². The third-order valence-corrected chi connectivity index (χ3v) is 2.52. The molecule has 1 rings (SSSR count). The lowest BCUT2D eigenvalue weighted by Gasteiger charge is -2.24. The van der Waals surface area contributed by atoms with Crippen LogP contribution in [-0.4, -0.2) is 36.2 Å². The van der Waals surface area contributed by atoms with Crippen molar-refractivity contribution in [3.05, 3.63) is 0 Å². The Morgan fingerprint density at radius 1 is 1.70 bits per heavy atom. The normalized spacial score (nSPS) is 30.9. The highest BCUT2D eigenvalue weighted by Crippen LogP contribution is 2.21. The van der Waals surface area contributed by atoms with Crippen LogP contribution in [0.5, 0.6) is 0 Å². The first-order valence-corrected chi connectivity index (χ1v) is 4.07. The molecule has 0 amide bonds. The second-order valence-corrected chi connectivity index (χ2v) is 3.35. The molecule has 0 aromatic heterocycles. The van der Waals surface area contributed by atoms with Crippen molar-refractivity contribution in [1.82, 2.24) is 4.90 Å². The van der Waals surface area contributed by atoms with Crippen molar-refractivity contribution in [2.75, 3.05) is 20.2 Å². The average molecular weight is 143 g/mol. The van der Waals surface area contributed by atoms with E-state index >= 15 is 0 Å². The van der Waals surface area contributed by atoms with E-state index in [9.17, 15) is 0 Å². The topological polar surface area (TPSA) is 23.5 Å². The van der Waals surface area contributed by atoms with Crippen molar-refractivity contribution in [2.24, 2.45) is 5.92 Å². The number of aliphatic hydroxyl groups excluding tert-OH is 1. The Morgan fingerprint density at radius 2 is 2.40 bits per heavy atom. The van der Waals surface area contributed by atoms with Crippen molar-refractivity contribution in [3.63, 3.8) is 0 Å². The number of nitrogens with zero attached hydrogens (tertiary/aromatic N) is 1. The first-order chi connectivity index (χ1) is 4.75. The van der Waals surface area contributed by atoms with Gasteiger partial charge in [-0.3, -0.25) is 0 Å². The second kappa shape index (κ2) is 3.35. The van der Waals surface area contributed by atoms with E-state index < -0.39 is 0 Å². The molecular formula is C8H17NO. The molecule has 0 radical (unpaired) electrons. The van der Waals surface area contributed by atoms with Gasteiger partial charge in [0.25, 0.3) is 0 Å². The zero-order valence-corrected chi connectivity index (χ0v) is 6.88. The smallest absolute Gasteiger partial charge is 0.0471 e. The second-order valence-electron chi connectivity index (χ2n) is 3.35. The summed E-state index contributed by atoms with van der Waals surface area (Å²) in [6.07, 6.45) is 2.56. The Hall–Kier alpha value is -0.0800. The van der Waals surface area contributed by atoms with Gasteiger partial charge in [-0.2, -0.15) is 0 Å². The number of rotatable bonds is 2. The van der Waals surface area contributed by atoms with Crippen LogP contribution in [0.2, 0.25) is 0 Å². The van der Waals surface area contributed by atoms with Gasteiger partial charge in [0.05, 0.1) is 0 Å². The first-order valence-electron chi connectivity index (χ1n) is 4.07. The number of likely N-dealkylation sites (tertiary alicyclic amines) is 1. The summed E-state index contributed by atoms with van der Waals surface area (Å²) in [6.45, 7) is 3.65. The monoisotopic (exact) mass is 143 g/mol. The summed E-state index contributed by atoms with van der Waals surface area (Å²) in [5.41, 5.74) is 0. The van der Waals surface area contributed by atoms with Gasteiger partial charge in [-0.05, 0) is 32.4 Å². The van der Waals surface area contributed by atoms with Crippen molar-refractivity contribution in [2.45, 2.75) is 25.8 Å². The van der Waals surface area contributed by atoms with E-state index in [1.807, 2.05) is 0 Å². The zero-order chi connectivity index (χ0) is 7.56. The Kier molecular flexibility index (Phi) is 2.69. The highest BCUT2D eigenvalue weighted by molar-refractivity contribution is 4.80. The van der Waals surface area contributed by atoms with Gasteiger partial charge in [0.15, 0.2) is 0 Å². The van der Waals surface area contributed by atoms with E-state index in [0.717, 1.165) is 0 Å². The van der Waals surface area contributed by atoms with Crippen LogP contribution in [0.15, 0.2) is 0 Å². The standard InChI is InChI=1S/C8H17NO/c1-7(6-10)8-4-3-5-9(8)2/h7-8,10H,3-6H2,1-2H3/t7-,8-/m0/s1. The van der Waals surface area contributed by atoms with E-state index in [-0.39, 0.29) is 0 Å². The van der Waals surface area contributed by atoms with Crippen LogP contribution >= 0.6 is 0 Å². The van der Waals surface area contributed by atoms with Gasteiger partial charge in [0.2, 0.25) is 0 Å². The van der Waals surface area contributed by atoms with Gasteiger partial charge in [-0.15, -0.1) is 0 Å². The molecule has 1 fully saturated rings. The molecule has 1 aliphatic rings. The number of aliphatic hydroxyl groups is 1. The van der Waals surface area contributed by atoms with Gasteiger partial charge >= 0.3 is 0 Å². The highest BCUT2D eigenvalue weighted by Gasteiger charge is 2.25. The third kappa shape index (κ3) is 1.50. The molecule has 2 nitrogen and oxygen atoms in total. The molecule has 2 heteroatoms. The molecular weight excluding hydrogens is 126 g/mol. The maximum atomic E-state index is 8.89. The highest BCUT2D eigenvalue weighted by atomic mass is 16.3. The van der Waals surface area contributed by atoms with Gasteiger partial charge in [-0.25, -0.2) is 0 Å². The van der Waals surface area contributed by atoms with Crippen LogP contribution in [0.4, 0.5) is 0 Å². The zero-order valence-electron chi connectivity index (χ0n) is 6.88. The summed E-state index contributed by atoms with van der Waals surface area (Å²) in [7, 11) is 2.14. The minimum absolute atomic E-state index is 0.328. The fraction of sp³-hybridized carbons (Fsp3) is 1.00. The fourth-order valence-electron chi connectivity index (χ4n) is 1.78. The lowest BCUT2D eigenvalue weighted by molar-refractivity contribution is 0.156. The molecule has 0 saturated carbocycles. The Bertz CT molecular complexity index is 105. The molecule has 1 heterocycles. The van der Waals surface area contributed by atoms with E-state index in [1.165, 1.54) is 19.4 Å². The average Bonchev–Trinajstić information content (AvgIpc) is 2.34. The maximum Gasteiger partial charge on any atom is 0.0471 e. The Morgan fingerprint density at radius 3 is 2.80 bits per heavy atom. The third-order valence-electron chi connectivity index (χ3n) is 2.52. The molecule has 0 aromatic carbocycles. The SMILES string of the molecule is C[C@@H](CO)[C@@H]1CCCN1C. The summed E-state index contributed by atoms with van der Waals surface area (Å²) in [5, 5.41) is 8.89. The minimum Gasteiger partial charge on any atom is -0.396 e. The predicted molar refractivity (Wildman–Crippen MR) is 41.9 cm³/mol. The first kappa shape index (κ1) is 8.02. The Balaban J connectivity index is 2.38. The van der Waals surface area contributed by atoms with Crippen LogP contribution in [-0.2, 0) is 0 Å². The van der Waals surface area contributed by atoms with Crippen LogP contribution in [0.3, 0.4) is 0 Å². The molecule has 0 unspecified atom stereocenters. The van der Waals surface area contributed by atoms with E-state index in [2.05, 4.69) is 18.9 Å². The lowest BCUT2D eigenvalue weighted by Crippen LogP contribution is -2.32. The van der Waals surface area contributed by atoms with Gasteiger partial charge < -0.3 is 10.0 Å². The summed E-state index contributed by atoms with van der Waals surface area (Å²) >= 11 is 0. The van der Waals surface area contributed by atoms with Crippen molar-refractivity contribution < 1.29 is 5.11 Å². The molecule has 10 heavy (non-hydrogen) atoms. The van der Waals surface area contributed by atoms with E-state index in [1.54, 1.807) is 0 Å². The summed E-state index contributed by atoms with van der Waals surface area (Å²) < 4.78 is 0.